The Morgan fingerprint density at radius 3 is 2.16 bits per heavy atom. The molecule has 0 amide bonds. The van der Waals surface area contributed by atoms with Crippen LogP contribution in [0.25, 0.3) is 0 Å². The first-order valence-corrected chi connectivity index (χ1v) is 34.3. The molecule has 9 saturated heterocycles. The van der Waals surface area contributed by atoms with Crippen molar-refractivity contribution in [2.75, 3.05) is 13.7 Å². The molecule has 75 heavy (non-hydrogen) atoms. The second-order valence-electron chi connectivity index (χ2n) is 26.8. The zero-order valence-corrected chi connectivity index (χ0v) is 49.3. The van der Waals surface area contributed by atoms with E-state index in [1.807, 2.05) is 18.2 Å². The zero-order valence-electron chi connectivity index (χ0n) is 47.3. The Bertz CT molecular complexity index is 2190. The second kappa shape index (κ2) is 22.4. The summed E-state index contributed by atoms with van der Waals surface area (Å²) >= 11 is 0. The van der Waals surface area contributed by atoms with Crippen LogP contribution in [0.1, 0.15) is 142 Å². The topological polar surface area (TPSA) is 156 Å². The van der Waals surface area contributed by atoms with Crippen LogP contribution < -0.4 is 0 Å². The first-order valence-electron chi connectivity index (χ1n) is 28.5. The lowest BCUT2D eigenvalue weighted by molar-refractivity contribution is -0.292. The second-order valence-corrected chi connectivity index (χ2v) is 36.3. The number of carbonyl (C=O) groups is 2. The Hall–Kier alpha value is -2.17. The summed E-state index contributed by atoms with van der Waals surface area (Å²) in [4.78, 5) is 28.4. The molecule has 0 aromatic heterocycles. The van der Waals surface area contributed by atoms with Gasteiger partial charge in [-0.3, -0.25) is 4.79 Å². The van der Waals surface area contributed by atoms with Gasteiger partial charge < -0.3 is 56.6 Å². The first kappa shape index (κ1) is 57.5. The number of hydrogen-bond acceptors (Lipinski definition) is 14. The molecule has 0 saturated carbocycles. The van der Waals surface area contributed by atoms with Gasteiger partial charge in [-0.1, -0.05) is 79.8 Å². The molecule has 19 atom stereocenters. The minimum atomic E-state index is -2.28. The molecule has 1 aromatic carbocycles. The van der Waals surface area contributed by atoms with Crippen LogP contribution >= 0.6 is 0 Å². The molecule has 16 heteroatoms. The van der Waals surface area contributed by atoms with Crippen molar-refractivity contribution in [3.05, 3.63) is 60.2 Å². The van der Waals surface area contributed by atoms with Crippen LogP contribution in [0.15, 0.2) is 54.6 Å². The molecule has 2 unspecified atom stereocenters. The predicted molar refractivity (Wildman–Crippen MR) is 289 cm³/mol. The zero-order chi connectivity index (χ0) is 54.0. The molecule has 14 nitrogen and oxygen atoms in total. The number of aliphatic hydroxyl groups is 1. The number of fused-ring (bicyclic) bond motifs is 4. The van der Waals surface area contributed by atoms with Gasteiger partial charge in [-0.2, -0.15) is 0 Å². The molecular formula is C59H92O14Si2. The summed E-state index contributed by atoms with van der Waals surface area (Å²) in [7, 11) is -2.69. The van der Waals surface area contributed by atoms with Crippen molar-refractivity contribution >= 4 is 28.4 Å². The summed E-state index contributed by atoms with van der Waals surface area (Å²) in [6, 6.07) is 8.96. The number of Topliss-reactive ketones (excluding diaryl/α,β-unsaturated/α-hetero) is 1. The van der Waals surface area contributed by atoms with Crippen molar-refractivity contribution in [2.45, 2.75) is 272 Å². The monoisotopic (exact) mass is 1080 g/mol. The van der Waals surface area contributed by atoms with E-state index in [1.54, 1.807) is 19.2 Å². The van der Waals surface area contributed by atoms with Gasteiger partial charge in [0, 0.05) is 58.0 Å². The molecule has 9 aliphatic heterocycles. The van der Waals surface area contributed by atoms with E-state index in [0.29, 0.717) is 75.5 Å². The maximum atomic E-state index is 14.8. The average Bonchev–Trinajstić information content (AvgIpc) is 3.90. The fraction of sp³-hybridized carbons (Fsp3) is 0.797. The molecule has 10 rings (SSSR count). The van der Waals surface area contributed by atoms with E-state index >= 15 is 0 Å². The normalized spacial score (nSPS) is 40.4. The quantitative estimate of drug-likeness (QED) is 0.134. The van der Waals surface area contributed by atoms with Crippen LogP contribution in [0.3, 0.4) is 0 Å². The van der Waals surface area contributed by atoms with Crippen LogP contribution in [0, 0.1) is 11.8 Å². The predicted octanol–water partition coefficient (Wildman–Crippen LogP) is 10.3. The smallest absolute Gasteiger partial charge is 0.338 e. The van der Waals surface area contributed by atoms with Gasteiger partial charge in [0.15, 0.2) is 22.4 Å². The first-order chi connectivity index (χ1) is 35.2. The Morgan fingerprint density at radius 1 is 0.773 bits per heavy atom. The van der Waals surface area contributed by atoms with E-state index in [1.165, 1.54) is 0 Å². The number of ketones is 1. The van der Waals surface area contributed by atoms with Gasteiger partial charge in [0.05, 0.1) is 73.2 Å². The van der Waals surface area contributed by atoms with E-state index < -0.39 is 58.9 Å². The number of aliphatic hydroxyl groups excluding tert-OH is 1. The average molecular weight is 1080 g/mol. The van der Waals surface area contributed by atoms with Crippen molar-refractivity contribution in [1.29, 1.82) is 0 Å². The van der Waals surface area contributed by atoms with Crippen molar-refractivity contribution in [3.8, 4) is 0 Å². The fourth-order valence-corrected chi connectivity index (χ4v) is 15.2. The van der Waals surface area contributed by atoms with Crippen LogP contribution in [0.2, 0.25) is 36.3 Å². The lowest BCUT2D eigenvalue weighted by atomic mass is 9.81. The number of carbonyl (C=O) groups excluding carboxylic acids is 2. The van der Waals surface area contributed by atoms with Gasteiger partial charge in [0.2, 0.25) is 0 Å². The Morgan fingerprint density at radius 2 is 1.45 bits per heavy atom. The summed E-state index contributed by atoms with van der Waals surface area (Å²) in [6.07, 6.45) is 0.0300. The molecule has 9 aliphatic rings. The SMILES string of the molecule is C=C1C2C[C@@H]3O[C@H](C[C@@H](CO[Si](C)(C)C(C)(C)C)O[Si](C)(C)C(C)(C)C)[C@H](OC)[C@H]3CC(=O)CC3CC[C@@H]4O[C@@H]5[C@H]6O[C@@H]7C[C@](CC[C@H](OC(=O)c8ccccc8)CC(=C)[C@H](O)CC[C@@H](C[C@H]1C)O2)(O[C@H]6[C@H]4O3)O[C@H]57. The van der Waals surface area contributed by atoms with Crippen LogP contribution in [0.5, 0.6) is 0 Å². The Kier molecular flexibility index (Phi) is 17.2. The minimum Gasteiger partial charge on any atom is -0.458 e. The fourth-order valence-electron chi connectivity index (χ4n) is 12.8. The van der Waals surface area contributed by atoms with Crippen molar-refractivity contribution in [3.63, 3.8) is 0 Å². The Balaban J connectivity index is 1.00. The summed E-state index contributed by atoms with van der Waals surface area (Å²) in [6.45, 7) is 34.3. The van der Waals surface area contributed by atoms with E-state index in [2.05, 4.69) is 87.8 Å². The number of esters is 1. The number of hydrogen-bond donors (Lipinski definition) is 1. The van der Waals surface area contributed by atoms with E-state index in [0.717, 1.165) is 12.0 Å². The number of ether oxygens (including phenoxy) is 9. The highest BCUT2D eigenvalue weighted by molar-refractivity contribution is 6.74. The summed E-state index contributed by atoms with van der Waals surface area (Å²) in [5, 5.41) is 11.8. The van der Waals surface area contributed by atoms with Gasteiger partial charge in [0.25, 0.3) is 0 Å². The highest BCUT2D eigenvalue weighted by atomic mass is 28.4. The van der Waals surface area contributed by atoms with Crippen LogP contribution in [0.4, 0.5) is 0 Å². The molecule has 0 aliphatic carbocycles. The minimum absolute atomic E-state index is 0.0201. The van der Waals surface area contributed by atoms with E-state index in [9.17, 15) is 14.7 Å². The number of benzene rings is 1. The lowest BCUT2D eigenvalue weighted by Crippen LogP contribution is -2.61. The van der Waals surface area contributed by atoms with Gasteiger partial charge in [-0.05, 0) is 104 Å². The van der Waals surface area contributed by atoms with Crippen LogP contribution in [-0.4, -0.2) is 151 Å². The highest BCUT2D eigenvalue weighted by Gasteiger charge is 2.69. The van der Waals surface area contributed by atoms with Gasteiger partial charge in [-0.15, -0.1) is 0 Å². The van der Waals surface area contributed by atoms with Crippen molar-refractivity contribution in [2.24, 2.45) is 11.8 Å². The van der Waals surface area contributed by atoms with Crippen molar-refractivity contribution < 1.29 is 66.2 Å². The maximum Gasteiger partial charge on any atom is 0.338 e. The lowest BCUT2D eigenvalue weighted by Gasteiger charge is -2.47. The van der Waals surface area contributed by atoms with Crippen LogP contribution in [-0.2, 0) is 56.3 Å². The van der Waals surface area contributed by atoms with Gasteiger partial charge >= 0.3 is 5.97 Å². The molecule has 10 bridgehead atoms. The maximum absolute atomic E-state index is 14.8. The third-order valence-electron chi connectivity index (χ3n) is 19.4. The molecule has 0 radical (unpaired) electrons. The molecule has 1 aromatic rings. The number of methoxy groups -OCH3 is 1. The standard InChI is InChI=1S/C59H92O14Si2/c1-34-26-39-20-22-44(61)35(2)27-41(67-56(62)37-18-16-15-17-19-37)24-25-59-32-49-52(71-59)53-54(70-49)55(72-59)51-45(69-53)23-21-40(66-51)28-38(60)29-43-47(31-46(65-39)36(34)3)68-48(50(43)63-10)30-42(73-75(13,14)58(7,8)9)33-64-74(11,12)57(4,5)6/h15-19,34,39-55,61H,2-3,20-33H2,1,4-14H3/t34-,39+,40?,41+,42+,43+,44-,45+,46?,47+,48-,49-,50-,51+,52+,53+,54-,55+,59+/m1/s1. The molecule has 1 N–H and O–H groups in total. The van der Waals surface area contributed by atoms with E-state index in [-0.39, 0.29) is 114 Å². The third-order valence-corrected chi connectivity index (χ3v) is 28.4. The third kappa shape index (κ3) is 12.4. The molecule has 420 valence electrons. The Labute approximate surface area is 450 Å². The summed E-state index contributed by atoms with van der Waals surface area (Å²) in [5.41, 5.74) is 2.03. The highest BCUT2D eigenvalue weighted by Crippen LogP contribution is 2.54. The molecular weight excluding hydrogens is 989 g/mol. The molecule has 1 spiro atoms. The van der Waals surface area contributed by atoms with Gasteiger partial charge in [-0.25, -0.2) is 4.79 Å². The molecule has 9 fully saturated rings. The number of rotatable bonds is 10. The van der Waals surface area contributed by atoms with Gasteiger partial charge in [0.1, 0.15) is 42.4 Å². The summed E-state index contributed by atoms with van der Waals surface area (Å²) < 4.78 is 75.6. The summed E-state index contributed by atoms with van der Waals surface area (Å²) in [5.74, 6) is -1.52. The van der Waals surface area contributed by atoms with Crippen molar-refractivity contribution in [1.82, 2.24) is 0 Å². The van der Waals surface area contributed by atoms with E-state index in [4.69, 9.17) is 51.5 Å². The largest absolute Gasteiger partial charge is 0.458 e. The molecule has 9 heterocycles.